The normalized spacial score (nSPS) is 16.0. The zero-order valence-electron chi connectivity index (χ0n) is 14.6. The van der Waals surface area contributed by atoms with E-state index >= 15 is 0 Å². The van der Waals surface area contributed by atoms with Crippen molar-refractivity contribution in [2.45, 2.75) is 55.5 Å². The fourth-order valence-corrected chi connectivity index (χ4v) is 3.56. The number of carbonyl (C=O) groups excluding carboxylic acids is 2. The topological polar surface area (TPSA) is 113 Å². The molecular formula is C17H22N6O2S. The van der Waals surface area contributed by atoms with Crippen LogP contribution in [0.4, 0.5) is 4.79 Å². The highest BCUT2D eigenvalue weighted by Gasteiger charge is 2.21. The number of imide groups is 1. The van der Waals surface area contributed by atoms with Crippen molar-refractivity contribution in [3.63, 3.8) is 0 Å². The molecule has 0 aromatic carbocycles. The van der Waals surface area contributed by atoms with Gasteiger partial charge in [0.05, 0.1) is 5.25 Å². The molecule has 0 saturated heterocycles. The van der Waals surface area contributed by atoms with Crippen molar-refractivity contribution >= 4 is 23.7 Å². The number of urea groups is 1. The smallest absolute Gasteiger partial charge is 0.321 e. The van der Waals surface area contributed by atoms with Crippen molar-refractivity contribution < 1.29 is 9.59 Å². The molecule has 138 valence electrons. The molecule has 3 N–H and O–H groups in total. The molecule has 0 radical (unpaired) electrons. The second-order valence-electron chi connectivity index (χ2n) is 6.26. The molecule has 0 unspecified atom stereocenters. The molecule has 2 heterocycles. The van der Waals surface area contributed by atoms with E-state index in [-0.39, 0.29) is 11.9 Å². The summed E-state index contributed by atoms with van der Waals surface area (Å²) >= 11 is 1.19. The molecule has 1 fully saturated rings. The highest BCUT2D eigenvalue weighted by atomic mass is 32.2. The third-order valence-electron chi connectivity index (χ3n) is 4.25. The average Bonchev–Trinajstić information content (AvgIpc) is 3.11. The van der Waals surface area contributed by atoms with Crippen molar-refractivity contribution in [3.8, 4) is 11.4 Å². The first-order valence-electron chi connectivity index (χ1n) is 8.72. The third-order valence-corrected chi connectivity index (χ3v) is 5.21. The van der Waals surface area contributed by atoms with Gasteiger partial charge in [-0.05, 0) is 31.9 Å². The van der Waals surface area contributed by atoms with Crippen molar-refractivity contribution in [2.75, 3.05) is 0 Å². The number of hydrogen-bond donors (Lipinski definition) is 3. The van der Waals surface area contributed by atoms with Crippen molar-refractivity contribution in [1.29, 1.82) is 0 Å². The Morgan fingerprint density at radius 1 is 1.23 bits per heavy atom. The largest absolute Gasteiger partial charge is 0.335 e. The summed E-state index contributed by atoms with van der Waals surface area (Å²) < 4.78 is 0. The van der Waals surface area contributed by atoms with Crippen LogP contribution in [0.3, 0.4) is 0 Å². The molecule has 1 atom stereocenters. The maximum absolute atomic E-state index is 12.2. The fourth-order valence-electron chi connectivity index (χ4n) is 2.83. The Morgan fingerprint density at radius 2 is 1.96 bits per heavy atom. The highest BCUT2D eigenvalue weighted by molar-refractivity contribution is 8.00. The maximum atomic E-state index is 12.2. The van der Waals surface area contributed by atoms with Crippen LogP contribution in [0.15, 0.2) is 29.7 Å². The van der Waals surface area contributed by atoms with E-state index in [0.29, 0.717) is 11.0 Å². The van der Waals surface area contributed by atoms with Crippen LogP contribution in [-0.4, -0.2) is 43.4 Å². The molecule has 2 aromatic rings. The molecule has 3 amide bonds. The number of carbonyl (C=O) groups is 2. The molecule has 3 rings (SSSR count). The Kier molecular flexibility index (Phi) is 6.21. The van der Waals surface area contributed by atoms with Crippen LogP contribution in [-0.2, 0) is 4.79 Å². The number of H-pyrrole nitrogens is 1. The van der Waals surface area contributed by atoms with Crippen LogP contribution in [0.25, 0.3) is 11.4 Å². The van der Waals surface area contributed by atoms with Crippen molar-refractivity contribution in [3.05, 3.63) is 24.5 Å². The quantitative estimate of drug-likeness (QED) is 0.693. The lowest BCUT2D eigenvalue weighted by molar-refractivity contribution is -0.119. The van der Waals surface area contributed by atoms with Crippen molar-refractivity contribution in [1.82, 2.24) is 30.8 Å². The monoisotopic (exact) mass is 374 g/mol. The molecule has 8 nitrogen and oxygen atoms in total. The lowest BCUT2D eigenvalue weighted by atomic mass is 9.96. The van der Waals surface area contributed by atoms with Crippen LogP contribution in [0, 0.1) is 0 Å². The lowest BCUT2D eigenvalue weighted by Crippen LogP contribution is -2.47. The molecule has 2 aromatic heterocycles. The number of aromatic amines is 1. The average molecular weight is 374 g/mol. The van der Waals surface area contributed by atoms with E-state index in [1.165, 1.54) is 18.2 Å². The van der Waals surface area contributed by atoms with E-state index in [0.717, 1.165) is 31.2 Å². The number of rotatable bonds is 5. The van der Waals surface area contributed by atoms with Gasteiger partial charge in [-0.2, -0.15) is 0 Å². The fraction of sp³-hybridized carbons (Fsp3) is 0.471. The number of amides is 3. The highest BCUT2D eigenvalue weighted by Crippen LogP contribution is 2.22. The van der Waals surface area contributed by atoms with Crippen molar-refractivity contribution in [2.24, 2.45) is 0 Å². The van der Waals surface area contributed by atoms with E-state index < -0.39 is 11.3 Å². The van der Waals surface area contributed by atoms with Gasteiger partial charge in [-0.25, -0.2) is 9.78 Å². The van der Waals surface area contributed by atoms with Gasteiger partial charge in [0.15, 0.2) is 5.82 Å². The van der Waals surface area contributed by atoms with Crippen LogP contribution < -0.4 is 10.6 Å². The third kappa shape index (κ3) is 5.04. The summed E-state index contributed by atoms with van der Waals surface area (Å²) in [5.74, 6) is 0.246. The van der Waals surface area contributed by atoms with Crippen LogP contribution >= 0.6 is 11.8 Å². The molecule has 1 aliphatic rings. The SMILES string of the molecule is C[C@H](Sc1n[nH]c(-c2ccncc2)n1)C(=O)NC(=O)NC1CCCCC1. The summed E-state index contributed by atoms with van der Waals surface area (Å²) in [5, 5.41) is 12.2. The maximum Gasteiger partial charge on any atom is 0.321 e. The molecule has 1 saturated carbocycles. The summed E-state index contributed by atoms with van der Waals surface area (Å²) in [5.41, 5.74) is 0.864. The number of pyridine rings is 1. The summed E-state index contributed by atoms with van der Waals surface area (Å²) in [6.07, 6.45) is 8.75. The Morgan fingerprint density at radius 3 is 2.69 bits per heavy atom. The van der Waals surface area contributed by atoms with E-state index in [2.05, 4.69) is 30.8 Å². The van der Waals surface area contributed by atoms with Crippen LogP contribution in [0.2, 0.25) is 0 Å². The molecular weight excluding hydrogens is 352 g/mol. The van der Waals surface area contributed by atoms with Gasteiger partial charge in [0, 0.05) is 24.0 Å². The van der Waals surface area contributed by atoms with Crippen LogP contribution in [0.1, 0.15) is 39.0 Å². The Bertz CT molecular complexity index is 745. The molecule has 9 heteroatoms. The lowest BCUT2D eigenvalue weighted by Gasteiger charge is -2.22. The number of thioether (sulfide) groups is 1. The minimum atomic E-state index is -0.492. The number of aromatic nitrogens is 4. The van der Waals surface area contributed by atoms with Gasteiger partial charge in [0.1, 0.15) is 0 Å². The van der Waals surface area contributed by atoms with E-state index in [4.69, 9.17) is 0 Å². The summed E-state index contributed by atoms with van der Waals surface area (Å²) in [4.78, 5) is 32.5. The van der Waals surface area contributed by atoms with Gasteiger partial charge in [-0.15, -0.1) is 5.10 Å². The molecule has 1 aliphatic carbocycles. The van der Waals surface area contributed by atoms with Gasteiger partial charge in [-0.3, -0.25) is 20.2 Å². The first-order chi connectivity index (χ1) is 12.6. The van der Waals surface area contributed by atoms with Gasteiger partial charge in [0.2, 0.25) is 11.1 Å². The summed E-state index contributed by atoms with van der Waals surface area (Å²) in [7, 11) is 0. The Labute approximate surface area is 156 Å². The molecule has 0 bridgehead atoms. The minimum Gasteiger partial charge on any atom is -0.335 e. The summed E-state index contributed by atoms with van der Waals surface area (Å²) in [6.45, 7) is 1.72. The number of hydrogen-bond acceptors (Lipinski definition) is 6. The molecule has 0 spiro atoms. The van der Waals surface area contributed by atoms with Gasteiger partial charge in [0.25, 0.3) is 0 Å². The van der Waals surface area contributed by atoms with Crippen LogP contribution in [0.5, 0.6) is 0 Å². The summed E-state index contributed by atoms with van der Waals surface area (Å²) in [6, 6.07) is 3.37. The van der Waals surface area contributed by atoms with Gasteiger partial charge >= 0.3 is 6.03 Å². The molecule has 0 aliphatic heterocycles. The molecule has 26 heavy (non-hydrogen) atoms. The van der Waals surface area contributed by atoms with Gasteiger partial charge < -0.3 is 5.32 Å². The van der Waals surface area contributed by atoms with E-state index in [1.807, 2.05) is 12.1 Å². The predicted octanol–water partition coefficient (Wildman–Crippen LogP) is 2.51. The minimum absolute atomic E-state index is 0.162. The second kappa shape index (κ2) is 8.79. The first-order valence-corrected chi connectivity index (χ1v) is 9.60. The zero-order chi connectivity index (χ0) is 18.4. The van der Waals surface area contributed by atoms with Gasteiger partial charge in [-0.1, -0.05) is 31.0 Å². The first kappa shape index (κ1) is 18.4. The zero-order valence-corrected chi connectivity index (χ0v) is 15.4. The predicted molar refractivity (Wildman–Crippen MR) is 98.5 cm³/mol. The standard InChI is InChI=1S/C17H22N6O2S/c1-11(15(24)21-16(25)19-13-5-3-2-4-6-13)26-17-20-14(22-23-17)12-7-9-18-10-8-12/h7-11,13H,2-6H2,1H3,(H,20,22,23)(H2,19,21,24,25)/t11-/m0/s1. The Balaban J connectivity index is 1.49. The van der Waals surface area contributed by atoms with E-state index in [1.54, 1.807) is 19.3 Å². The number of nitrogens with one attached hydrogen (secondary N) is 3. The van der Waals surface area contributed by atoms with E-state index in [9.17, 15) is 9.59 Å². The Hall–Kier alpha value is -2.42. The second-order valence-corrected chi connectivity index (χ2v) is 7.57. The number of nitrogens with zero attached hydrogens (tertiary/aromatic N) is 3.